The molecule has 1 heterocycles. The van der Waals surface area contributed by atoms with Crippen molar-refractivity contribution in [2.24, 2.45) is 5.10 Å². The maximum absolute atomic E-state index is 13.0. The van der Waals surface area contributed by atoms with Gasteiger partial charge >= 0.3 is 0 Å². The zero-order valence-corrected chi connectivity index (χ0v) is 20.0. The van der Waals surface area contributed by atoms with Crippen molar-refractivity contribution in [3.8, 4) is 23.0 Å². The number of benzene rings is 3. The molecule has 3 aromatic carbocycles. The van der Waals surface area contributed by atoms with Crippen molar-refractivity contribution in [2.45, 2.75) is 6.92 Å². The van der Waals surface area contributed by atoms with Crippen molar-refractivity contribution in [1.29, 1.82) is 0 Å². The molecule has 1 aliphatic heterocycles. The van der Waals surface area contributed by atoms with E-state index in [1.807, 2.05) is 0 Å². The van der Waals surface area contributed by atoms with Crippen LogP contribution in [0.15, 0.2) is 75.9 Å². The number of fused-ring (bicyclic) bond motifs is 1. The number of nitrogens with one attached hydrogen (secondary N) is 2. The molecule has 0 aliphatic carbocycles. The van der Waals surface area contributed by atoms with Crippen LogP contribution in [-0.2, 0) is 4.79 Å². The largest absolute Gasteiger partial charge is 0.507 e. The lowest BCUT2D eigenvalue weighted by molar-refractivity contribution is -0.117. The Labute approximate surface area is 208 Å². The quantitative estimate of drug-likeness (QED) is 0.214. The highest BCUT2D eigenvalue weighted by Gasteiger charge is 2.17. The fraction of sp³-hybridized carbons (Fsp3) is 0.0800. The second-order valence-corrected chi connectivity index (χ2v) is 8.30. The fourth-order valence-corrected chi connectivity index (χ4v) is 3.55. The molecule has 4 N–H and O–H groups in total. The van der Waals surface area contributed by atoms with Gasteiger partial charge < -0.3 is 25.0 Å². The standard InChI is InChI=1S/C25H20BrN3O6/c1-14(17-11-18(26)21(31)12-20(17)30)28-29-25(33)19(27-24(32)16-5-3-2-4-6-16)9-15-7-8-22-23(10-15)35-13-34-22/h2-12,30-31H,13H2,1H3,(H,27,32)(H,29,33)/b19-9-,28-14-. The van der Waals surface area contributed by atoms with Crippen molar-refractivity contribution >= 4 is 39.5 Å². The van der Waals surface area contributed by atoms with Gasteiger partial charge in [-0.15, -0.1) is 0 Å². The minimum atomic E-state index is -0.691. The van der Waals surface area contributed by atoms with Crippen LogP contribution in [0.4, 0.5) is 0 Å². The minimum Gasteiger partial charge on any atom is -0.507 e. The second kappa shape index (κ2) is 10.3. The normalized spacial score (nSPS) is 12.9. The molecule has 0 saturated carbocycles. The SMILES string of the molecule is C/C(=N/NC(=O)/C(=C/c1ccc2c(c1)OCO2)NC(=O)c1ccccc1)c1cc(Br)c(O)cc1O. The smallest absolute Gasteiger partial charge is 0.287 e. The van der Waals surface area contributed by atoms with Crippen molar-refractivity contribution in [3.63, 3.8) is 0 Å². The summed E-state index contributed by atoms with van der Waals surface area (Å²) in [6.07, 6.45) is 1.48. The number of amides is 2. The Morgan fingerprint density at radius 2 is 1.74 bits per heavy atom. The molecule has 0 spiro atoms. The average molecular weight is 538 g/mol. The van der Waals surface area contributed by atoms with Crippen LogP contribution in [0, 0.1) is 0 Å². The molecule has 2 amide bonds. The molecule has 0 saturated heterocycles. The van der Waals surface area contributed by atoms with Crippen LogP contribution in [0.5, 0.6) is 23.0 Å². The zero-order chi connectivity index (χ0) is 24.9. The summed E-state index contributed by atoms with van der Waals surface area (Å²) in [6, 6.07) is 16.2. The van der Waals surface area contributed by atoms with Gasteiger partial charge in [0.2, 0.25) is 6.79 Å². The number of carbonyl (C=O) groups excluding carboxylic acids is 2. The van der Waals surface area contributed by atoms with Gasteiger partial charge in [0.1, 0.15) is 17.2 Å². The highest BCUT2D eigenvalue weighted by atomic mass is 79.9. The van der Waals surface area contributed by atoms with Crippen molar-refractivity contribution in [3.05, 3.63) is 87.5 Å². The molecule has 9 nitrogen and oxygen atoms in total. The Kier molecular flexibility index (Phi) is 7.02. The number of aromatic hydroxyl groups is 2. The number of phenols is 2. The van der Waals surface area contributed by atoms with Crippen LogP contribution < -0.4 is 20.2 Å². The first-order valence-electron chi connectivity index (χ1n) is 10.4. The number of hydrazone groups is 1. The molecule has 3 aromatic rings. The average Bonchev–Trinajstić information content (AvgIpc) is 3.32. The summed E-state index contributed by atoms with van der Waals surface area (Å²) < 4.78 is 11.0. The molecule has 0 unspecified atom stereocenters. The van der Waals surface area contributed by atoms with Gasteiger partial charge in [-0.05, 0) is 64.8 Å². The Bertz CT molecular complexity index is 1350. The molecular weight excluding hydrogens is 518 g/mol. The van der Waals surface area contributed by atoms with E-state index in [9.17, 15) is 19.8 Å². The van der Waals surface area contributed by atoms with E-state index >= 15 is 0 Å². The third-order valence-corrected chi connectivity index (χ3v) is 5.65. The maximum Gasteiger partial charge on any atom is 0.287 e. The second-order valence-electron chi connectivity index (χ2n) is 7.45. The van der Waals surface area contributed by atoms with Crippen LogP contribution in [0.25, 0.3) is 6.08 Å². The summed E-state index contributed by atoms with van der Waals surface area (Å²) >= 11 is 3.18. The Morgan fingerprint density at radius 3 is 2.51 bits per heavy atom. The van der Waals surface area contributed by atoms with E-state index in [0.29, 0.717) is 32.7 Å². The monoisotopic (exact) mass is 537 g/mol. The van der Waals surface area contributed by atoms with Gasteiger partial charge in [0.05, 0.1) is 10.2 Å². The fourth-order valence-electron chi connectivity index (χ4n) is 3.21. The Morgan fingerprint density at radius 1 is 1.00 bits per heavy atom. The number of rotatable bonds is 6. The molecule has 35 heavy (non-hydrogen) atoms. The van der Waals surface area contributed by atoms with Crippen LogP contribution in [0.3, 0.4) is 0 Å². The third kappa shape index (κ3) is 5.61. The van der Waals surface area contributed by atoms with Crippen LogP contribution in [-0.4, -0.2) is 34.5 Å². The highest BCUT2D eigenvalue weighted by Crippen LogP contribution is 2.33. The molecule has 4 rings (SSSR count). The summed E-state index contributed by atoms with van der Waals surface area (Å²) in [5.74, 6) is -0.413. The molecular formula is C25H20BrN3O6. The van der Waals surface area contributed by atoms with Crippen molar-refractivity contribution in [2.75, 3.05) is 6.79 Å². The minimum absolute atomic E-state index is 0.0645. The van der Waals surface area contributed by atoms with Gasteiger partial charge in [-0.2, -0.15) is 5.10 Å². The van der Waals surface area contributed by atoms with E-state index in [1.165, 1.54) is 12.1 Å². The molecule has 0 atom stereocenters. The predicted octanol–water partition coefficient (Wildman–Crippen LogP) is 3.90. The van der Waals surface area contributed by atoms with Crippen LogP contribution >= 0.6 is 15.9 Å². The van der Waals surface area contributed by atoms with Crippen molar-refractivity contribution < 1.29 is 29.3 Å². The first-order valence-corrected chi connectivity index (χ1v) is 11.2. The van der Waals surface area contributed by atoms with E-state index < -0.39 is 11.8 Å². The third-order valence-electron chi connectivity index (χ3n) is 5.02. The predicted molar refractivity (Wildman–Crippen MR) is 132 cm³/mol. The van der Waals surface area contributed by atoms with Gasteiger partial charge in [0, 0.05) is 17.2 Å². The lowest BCUT2D eigenvalue weighted by Crippen LogP contribution is -2.33. The van der Waals surface area contributed by atoms with Gasteiger partial charge in [0.25, 0.3) is 11.8 Å². The molecule has 1 aliphatic rings. The van der Waals surface area contributed by atoms with E-state index in [2.05, 4.69) is 31.8 Å². The topological polar surface area (TPSA) is 129 Å². The lowest BCUT2D eigenvalue weighted by atomic mass is 10.1. The molecule has 0 aromatic heterocycles. The number of ether oxygens (including phenoxy) is 2. The molecule has 0 fully saturated rings. The maximum atomic E-state index is 13.0. The van der Waals surface area contributed by atoms with Gasteiger partial charge in [0.15, 0.2) is 11.5 Å². The van der Waals surface area contributed by atoms with Crippen LogP contribution in [0.1, 0.15) is 28.4 Å². The summed E-state index contributed by atoms with van der Waals surface area (Å²) in [7, 11) is 0. The summed E-state index contributed by atoms with van der Waals surface area (Å²) in [6.45, 7) is 1.68. The zero-order valence-electron chi connectivity index (χ0n) is 18.4. The molecule has 178 valence electrons. The summed E-state index contributed by atoms with van der Waals surface area (Å²) in [5, 5.41) is 26.5. The van der Waals surface area contributed by atoms with E-state index in [0.717, 1.165) is 6.07 Å². The molecule has 10 heteroatoms. The number of carbonyl (C=O) groups is 2. The van der Waals surface area contributed by atoms with E-state index in [-0.39, 0.29) is 29.7 Å². The number of nitrogens with zero attached hydrogens (tertiary/aromatic N) is 1. The number of hydrogen-bond donors (Lipinski definition) is 4. The van der Waals surface area contributed by atoms with E-state index in [4.69, 9.17) is 9.47 Å². The number of halogens is 1. The summed E-state index contributed by atoms with van der Waals surface area (Å²) in [4.78, 5) is 25.8. The summed E-state index contributed by atoms with van der Waals surface area (Å²) in [5.41, 5.74) is 3.86. The molecule has 0 bridgehead atoms. The molecule has 0 radical (unpaired) electrons. The number of phenolic OH excluding ortho intramolecular Hbond substituents is 2. The highest BCUT2D eigenvalue weighted by molar-refractivity contribution is 9.10. The van der Waals surface area contributed by atoms with Gasteiger partial charge in [-0.3, -0.25) is 9.59 Å². The first kappa shape index (κ1) is 23.8. The Balaban J connectivity index is 1.61. The first-order chi connectivity index (χ1) is 16.8. The van der Waals surface area contributed by atoms with Gasteiger partial charge in [-0.1, -0.05) is 24.3 Å². The van der Waals surface area contributed by atoms with Gasteiger partial charge in [-0.25, -0.2) is 5.43 Å². The number of hydrogen-bond acceptors (Lipinski definition) is 7. The van der Waals surface area contributed by atoms with E-state index in [1.54, 1.807) is 55.5 Å². The van der Waals surface area contributed by atoms with Crippen LogP contribution in [0.2, 0.25) is 0 Å². The Hall–Kier alpha value is -4.31. The van der Waals surface area contributed by atoms with Crippen molar-refractivity contribution in [1.82, 2.24) is 10.7 Å². The lowest BCUT2D eigenvalue weighted by Gasteiger charge is -2.11.